The number of rotatable bonds is 3. The summed E-state index contributed by atoms with van der Waals surface area (Å²) in [6, 6.07) is 0. The fourth-order valence-electron chi connectivity index (χ4n) is 1.16. The maximum Gasteiger partial charge on any atom is 0.515 e. The molecule has 0 amide bonds. The van der Waals surface area contributed by atoms with Crippen LogP contribution in [0.15, 0.2) is 5.10 Å². The first-order valence-electron chi connectivity index (χ1n) is 6.94. The molecule has 1 aliphatic rings. The number of hydrazone groups is 1. The van der Waals surface area contributed by atoms with Crippen molar-refractivity contribution >= 4 is 18.9 Å². The molecule has 0 saturated carbocycles. The van der Waals surface area contributed by atoms with Gasteiger partial charge in [0.2, 0.25) is 0 Å². The molecular weight excluding hydrogens is 241 g/mol. The molecule has 0 bridgehead atoms. The summed E-state index contributed by atoms with van der Waals surface area (Å²) in [6.45, 7) is 15.8. The molecule has 0 aromatic heterocycles. The SMILES string of the molecule is CC.CC.CN/N=C\C(=N)B1OC(C)(C)C(C)(C)O1. The number of nitrogens with zero attached hydrogens (tertiary/aromatic N) is 1. The lowest BCUT2D eigenvalue weighted by molar-refractivity contribution is 0.00578. The quantitative estimate of drug-likeness (QED) is 0.471. The first-order chi connectivity index (χ1) is 8.80. The van der Waals surface area contributed by atoms with Crippen LogP contribution in [0.2, 0.25) is 0 Å². The second-order valence-electron chi connectivity index (χ2n) is 4.53. The normalized spacial score (nSPS) is 19.1. The van der Waals surface area contributed by atoms with E-state index in [9.17, 15) is 0 Å². The smallest absolute Gasteiger partial charge is 0.398 e. The van der Waals surface area contributed by atoms with E-state index in [0.717, 1.165) is 0 Å². The molecule has 0 radical (unpaired) electrons. The van der Waals surface area contributed by atoms with Gasteiger partial charge in [0.05, 0.1) is 23.0 Å². The van der Waals surface area contributed by atoms with Crippen molar-refractivity contribution in [3.8, 4) is 0 Å². The van der Waals surface area contributed by atoms with Crippen LogP contribution in [0, 0.1) is 5.41 Å². The maximum atomic E-state index is 7.70. The van der Waals surface area contributed by atoms with Gasteiger partial charge in [-0.15, -0.1) is 0 Å². The average Bonchev–Trinajstić information content (AvgIpc) is 2.60. The molecule has 6 heteroatoms. The highest BCUT2D eigenvalue weighted by Crippen LogP contribution is 2.36. The Morgan fingerprint density at radius 3 is 1.74 bits per heavy atom. The Labute approximate surface area is 118 Å². The predicted molar refractivity (Wildman–Crippen MR) is 84.1 cm³/mol. The first kappa shape index (κ1) is 20.4. The van der Waals surface area contributed by atoms with Crippen molar-refractivity contribution in [2.45, 2.75) is 66.6 Å². The van der Waals surface area contributed by atoms with Gasteiger partial charge in [0.15, 0.2) is 0 Å². The molecule has 2 N–H and O–H groups in total. The molecule has 19 heavy (non-hydrogen) atoms. The number of nitrogens with one attached hydrogen (secondary N) is 2. The van der Waals surface area contributed by atoms with Crippen LogP contribution in [0.4, 0.5) is 0 Å². The average molecular weight is 271 g/mol. The van der Waals surface area contributed by atoms with E-state index < -0.39 is 18.3 Å². The summed E-state index contributed by atoms with van der Waals surface area (Å²) in [7, 11) is 1.04. The number of hydrogen-bond acceptors (Lipinski definition) is 5. The van der Waals surface area contributed by atoms with Crippen molar-refractivity contribution in [3.63, 3.8) is 0 Å². The zero-order valence-corrected chi connectivity index (χ0v) is 13.9. The standard InChI is InChI=1S/C9H18BN3O2.2C2H6/c1-8(2)9(3,4)15-10(14-8)7(11)6-13-12-5;2*1-2/h6,11-12H,1-5H3;2*1-2H3/b11-7?,13-6-;;. The molecule has 0 unspecified atom stereocenters. The van der Waals surface area contributed by atoms with E-state index >= 15 is 0 Å². The first-order valence-corrected chi connectivity index (χ1v) is 6.94. The lowest BCUT2D eigenvalue weighted by atomic mass is 9.83. The molecule has 1 rings (SSSR count). The molecule has 1 aliphatic heterocycles. The van der Waals surface area contributed by atoms with Crippen molar-refractivity contribution in [3.05, 3.63) is 0 Å². The van der Waals surface area contributed by atoms with Gasteiger partial charge >= 0.3 is 7.12 Å². The van der Waals surface area contributed by atoms with E-state index in [-0.39, 0.29) is 5.61 Å². The van der Waals surface area contributed by atoms with Gasteiger partial charge in [-0.25, -0.2) is 0 Å². The zero-order chi connectivity index (χ0) is 15.7. The van der Waals surface area contributed by atoms with Crippen LogP contribution in [0.3, 0.4) is 0 Å². The van der Waals surface area contributed by atoms with E-state index in [1.165, 1.54) is 6.21 Å². The van der Waals surface area contributed by atoms with Crippen LogP contribution in [0.5, 0.6) is 0 Å². The van der Waals surface area contributed by atoms with Gasteiger partial charge < -0.3 is 20.1 Å². The van der Waals surface area contributed by atoms with Gasteiger partial charge in [-0.3, -0.25) is 0 Å². The van der Waals surface area contributed by atoms with Gasteiger partial charge in [-0.2, -0.15) is 5.10 Å². The molecule has 1 saturated heterocycles. The lowest BCUT2D eigenvalue weighted by Crippen LogP contribution is -2.41. The van der Waals surface area contributed by atoms with Crippen LogP contribution in [-0.2, 0) is 9.31 Å². The molecule has 0 atom stereocenters. The van der Waals surface area contributed by atoms with Gasteiger partial charge in [0.1, 0.15) is 0 Å². The van der Waals surface area contributed by atoms with Gasteiger partial charge in [-0.1, -0.05) is 27.7 Å². The Kier molecular flexibility index (Phi) is 9.79. The van der Waals surface area contributed by atoms with Crippen LogP contribution < -0.4 is 5.43 Å². The Bertz CT molecular complexity index is 276. The van der Waals surface area contributed by atoms with Gasteiger partial charge in [0, 0.05) is 7.05 Å². The highest BCUT2D eigenvalue weighted by Gasteiger charge is 2.52. The van der Waals surface area contributed by atoms with Gasteiger partial charge in [0.25, 0.3) is 0 Å². The summed E-state index contributed by atoms with van der Waals surface area (Å²) in [6.07, 6.45) is 1.39. The molecular formula is C13H30BN3O2. The summed E-state index contributed by atoms with van der Waals surface area (Å²) < 4.78 is 11.3. The molecule has 5 nitrogen and oxygen atoms in total. The van der Waals surface area contributed by atoms with Crippen molar-refractivity contribution in [1.29, 1.82) is 5.41 Å². The van der Waals surface area contributed by atoms with E-state index in [1.54, 1.807) is 7.05 Å². The maximum absolute atomic E-state index is 7.70. The Balaban J connectivity index is 0. The van der Waals surface area contributed by atoms with Crippen molar-refractivity contribution in [2.75, 3.05) is 7.05 Å². The fourth-order valence-corrected chi connectivity index (χ4v) is 1.16. The summed E-state index contributed by atoms with van der Waals surface area (Å²) in [5.41, 5.74) is 1.98. The highest BCUT2D eigenvalue weighted by atomic mass is 16.7. The van der Waals surface area contributed by atoms with Gasteiger partial charge in [-0.05, 0) is 27.7 Å². The zero-order valence-electron chi connectivity index (χ0n) is 13.9. The minimum atomic E-state index is -0.632. The molecule has 0 spiro atoms. The fraction of sp³-hybridized carbons (Fsp3) is 0.846. The topological polar surface area (TPSA) is 66.7 Å². The Hall–Kier alpha value is -0.875. The predicted octanol–water partition coefficient (Wildman–Crippen LogP) is 2.90. The molecule has 0 aliphatic carbocycles. The molecule has 0 aromatic carbocycles. The largest absolute Gasteiger partial charge is 0.515 e. The summed E-state index contributed by atoms with van der Waals surface area (Å²) in [4.78, 5) is 0. The third-order valence-electron chi connectivity index (χ3n) is 2.84. The summed E-state index contributed by atoms with van der Waals surface area (Å²) in [5, 5.41) is 11.5. The minimum absolute atomic E-state index is 0.211. The summed E-state index contributed by atoms with van der Waals surface area (Å²) in [5.74, 6) is 0. The highest BCUT2D eigenvalue weighted by molar-refractivity contribution is 6.92. The van der Waals surface area contributed by atoms with Crippen molar-refractivity contribution < 1.29 is 9.31 Å². The van der Waals surface area contributed by atoms with Crippen molar-refractivity contribution in [2.24, 2.45) is 5.10 Å². The number of hydrogen-bond donors (Lipinski definition) is 2. The van der Waals surface area contributed by atoms with Crippen LogP contribution in [0.25, 0.3) is 0 Å². The van der Waals surface area contributed by atoms with E-state index in [2.05, 4.69) is 10.5 Å². The molecule has 112 valence electrons. The minimum Gasteiger partial charge on any atom is -0.398 e. The molecule has 1 heterocycles. The third-order valence-corrected chi connectivity index (χ3v) is 2.84. The Morgan fingerprint density at radius 2 is 1.42 bits per heavy atom. The van der Waals surface area contributed by atoms with E-state index in [1.807, 2.05) is 55.4 Å². The van der Waals surface area contributed by atoms with E-state index in [0.29, 0.717) is 0 Å². The molecule has 1 fully saturated rings. The summed E-state index contributed by atoms with van der Waals surface area (Å²) >= 11 is 0. The lowest BCUT2D eigenvalue weighted by Gasteiger charge is -2.32. The van der Waals surface area contributed by atoms with Crippen molar-refractivity contribution in [1.82, 2.24) is 5.43 Å². The second-order valence-corrected chi connectivity index (χ2v) is 4.53. The second kappa shape index (κ2) is 9.10. The van der Waals surface area contributed by atoms with Crippen LogP contribution >= 0.6 is 0 Å². The van der Waals surface area contributed by atoms with Crippen LogP contribution in [0.1, 0.15) is 55.4 Å². The van der Waals surface area contributed by atoms with E-state index in [4.69, 9.17) is 14.7 Å². The Morgan fingerprint density at radius 1 is 1.05 bits per heavy atom. The monoisotopic (exact) mass is 271 g/mol. The van der Waals surface area contributed by atoms with Crippen LogP contribution in [-0.4, -0.2) is 37.2 Å². The third kappa shape index (κ3) is 5.74. The molecule has 0 aromatic rings.